The summed E-state index contributed by atoms with van der Waals surface area (Å²) in [5.41, 5.74) is 1.15. The van der Waals surface area contributed by atoms with E-state index in [1.807, 2.05) is 52.0 Å². The number of aromatic nitrogens is 4. The molecule has 3 heterocycles. The van der Waals surface area contributed by atoms with Crippen molar-refractivity contribution in [2.45, 2.75) is 45.8 Å². The molecule has 0 bridgehead atoms. The van der Waals surface area contributed by atoms with Crippen LogP contribution in [0.15, 0.2) is 55.2 Å². The maximum Gasteiger partial charge on any atom is 0.415 e. The largest absolute Gasteiger partial charge is 0.443 e. The number of amides is 2. The van der Waals surface area contributed by atoms with Gasteiger partial charge in [0.1, 0.15) is 18.3 Å². The van der Waals surface area contributed by atoms with Crippen LogP contribution in [0.25, 0.3) is 5.82 Å². The SMILES string of the molecule is C[C@@H]1CCN(C(=O)c2ccnc(-n3cncn3)c2)c2ccccc2N1C(=O)OC(C)(C)C. The molecule has 166 valence electrons. The Balaban J connectivity index is 1.71. The Labute approximate surface area is 186 Å². The number of anilines is 2. The smallest absolute Gasteiger partial charge is 0.415 e. The van der Waals surface area contributed by atoms with E-state index in [2.05, 4.69) is 15.1 Å². The number of pyridine rings is 1. The summed E-state index contributed by atoms with van der Waals surface area (Å²) in [4.78, 5) is 38.2. The summed E-state index contributed by atoms with van der Waals surface area (Å²) in [6, 6.07) is 10.6. The minimum Gasteiger partial charge on any atom is -0.443 e. The third kappa shape index (κ3) is 4.32. The molecule has 1 aromatic carbocycles. The number of para-hydroxylation sites is 2. The van der Waals surface area contributed by atoms with Gasteiger partial charge in [0, 0.05) is 24.3 Å². The van der Waals surface area contributed by atoms with Gasteiger partial charge in [0.25, 0.3) is 5.91 Å². The quantitative estimate of drug-likeness (QED) is 0.608. The minimum absolute atomic E-state index is 0.146. The molecule has 9 nitrogen and oxygen atoms in total. The predicted molar refractivity (Wildman–Crippen MR) is 120 cm³/mol. The second kappa shape index (κ2) is 8.41. The summed E-state index contributed by atoms with van der Waals surface area (Å²) in [6.45, 7) is 7.93. The highest BCUT2D eigenvalue weighted by atomic mass is 16.6. The molecule has 2 amide bonds. The van der Waals surface area contributed by atoms with Crippen molar-refractivity contribution in [3.63, 3.8) is 0 Å². The fourth-order valence-corrected chi connectivity index (χ4v) is 3.66. The molecule has 32 heavy (non-hydrogen) atoms. The van der Waals surface area contributed by atoms with Gasteiger partial charge in [-0.1, -0.05) is 12.1 Å². The van der Waals surface area contributed by atoms with Gasteiger partial charge in [0.05, 0.1) is 11.4 Å². The molecule has 1 aliphatic rings. The zero-order chi connectivity index (χ0) is 22.9. The Morgan fingerprint density at radius 3 is 2.56 bits per heavy atom. The lowest BCUT2D eigenvalue weighted by Gasteiger charge is -2.31. The van der Waals surface area contributed by atoms with Crippen molar-refractivity contribution >= 4 is 23.4 Å². The molecule has 1 atom stereocenters. The monoisotopic (exact) mass is 434 g/mol. The van der Waals surface area contributed by atoms with Gasteiger partial charge < -0.3 is 9.64 Å². The molecule has 0 N–H and O–H groups in total. The molecule has 3 aromatic rings. The van der Waals surface area contributed by atoms with Crippen molar-refractivity contribution < 1.29 is 14.3 Å². The third-order valence-corrected chi connectivity index (χ3v) is 5.12. The zero-order valence-corrected chi connectivity index (χ0v) is 18.6. The van der Waals surface area contributed by atoms with Crippen LogP contribution in [0.4, 0.5) is 16.2 Å². The summed E-state index contributed by atoms with van der Waals surface area (Å²) in [5, 5.41) is 4.08. The lowest BCUT2D eigenvalue weighted by atomic mass is 10.2. The van der Waals surface area contributed by atoms with Crippen LogP contribution < -0.4 is 9.80 Å². The first-order valence-electron chi connectivity index (χ1n) is 10.5. The van der Waals surface area contributed by atoms with E-state index in [0.717, 1.165) is 0 Å². The summed E-state index contributed by atoms with van der Waals surface area (Å²) in [6.07, 6.45) is 4.68. The minimum atomic E-state index is -0.623. The average molecular weight is 435 g/mol. The fourth-order valence-electron chi connectivity index (χ4n) is 3.66. The highest BCUT2D eigenvalue weighted by Crippen LogP contribution is 2.36. The molecule has 2 aromatic heterocycles. The molecule has 0 saturated carbocycles. The number of rotatable bonds is 2. The molecular formula is C23H26N6O3. The van der Waals surface area contributed by atoms with Gasteiger partial charge in [-0.2, -0.15) is 5.10 Å². The second-order valence-corrected chi connectivity index (χ2v) is 8.68. The van der Waals surface area contributed by atoms with Crippen LogP contribution in [0.1, 0.15) is 44.5 Å². The average Bonchev–Trinajstić information content (AvgIpc) is 3.24. The number of ether oxygens (including phenoxy) is 1. The molecule has 0 radical (unpaired) electrons. The van der Waals surface area contributed by atoms with Crippen LogP contribution in [0, 0.1) is 0 Å². The van der Waals surface area contributed by atoms with E-state index in [1.165, 1.54) is 17.3 Å². The summed E-state index contributed by atoms with van der Waals surface area (Å²) in [7, 11) is 0. The van der Waals surface area contributed by atoms with Crippen LogP contribution in [0.3, 0.4) is 0 Å². The van der Waals surface area contributed by atoms with Crippen molar-refractivity contribution in [2.24, 2.45) is 0 Å². The topological polar surface area (TPSA) is 93.5 Å². The number of carbonyl (C=O) groups excluding carboxylic acids is 2. The highest BCUT2D eigenvalue weighted by Gasteiger charge is 2.34. The normalized spacial score (nSPS) is 16.3. The lowest BCUT2D eigenvalue weighted by Crippen LogP contribution is -2.42. The third-order valence-electron chi connectivity index (χ3n) is 5.12. The van der Waals surface area contributed by atoms with Gasteiger partial charge in [-0.25, -0.2) is 19.4 Å². The van der Waals surface area contributed by atoms with Crippen molar-refractivity contribution in [1.82, 2.24) is 19.7 Å². The van der Waals surface area contributed by atoms with Crippen molar-refractivity contribution in [3.8, 4) is 5.82 Å². The maximum atomic E-state index is 13.6. The Bertz CT molecular complexity index is 1120. The van der Waals surface area contributed by atoms with E-state index in [1.54, 1.807) is 28.1 Å². The summed E-state index contributed by atoms with van der Waals surface area (Å²) < 4.78 is 7.16. The molecule has 0 saturated heterocycles. The number of fused-ring (bicyclic) bond motifs is 1. The molecule has 0 fully saturated rings. The predicted octanol–water partition coefficient (Wildman–Crippen LogP) is 3.84. The van der Waals surface area contributed by atoms with Gasteiger partial charge in [0.15, 0.2) is 5.82 Å². The van der Waals surface area contributed by atoms with Gasteiger partial charge in [-0.05, 0) is 58.4 Å². The molecule has 0 unspecified atom stereocenters. The number of hydrogen-bond donors (Lipinski definition) is 0. The molecule has 9 heteroatoms. The van der Waals surface area contributed by atoms with Crippen LogP contribution in [0.5, 0.6) is 0 Å². The van der Waals surface area contributed by atoms with E-state index >= 15 is 0 Å². The fraction of sp³-hybridized carbons (Fsp3) is 0.348. The van der Waals surface area contributed by atoms with Gasteiger partial charge in [-0.15, -0.1) is 0 Å². The van der Waals surface area contributed by atoms with Crippen LogP contribution in [-0.2, 0) is 4.74 Å². The lowest BCUT2D eigenvalue weighted by molar-refractivity contribution is 0.0568. The second-order valence-electron chi connectivity index (χ2n) is 8.68. The van der Waals surface area contributed by atoms with Crippen LogP contribution in [0.2, 0.25) is 0 Å². The first-order chi connectivity index (χ1) is 15.2. The maximum absolute atomic E-state index is 13.6. The van der Waals surface area contributed by atoms with Crippen LogP contribution in [-0.4, -0.2) is 49.9 Å². The Morgan fingerprint density at radius 2 is 1.88 bits per heavy atom. The van der Waals surface area contributed by atoms with E-state index < -0.39 is 11.7 Å². The van der Waals surface area contributed by atoms with E-state index in [0.29, 0.717) is 35.7 Å². The standard InChI is InChI=1S/C23H26N6O3/c1-16-10-12-27(21(30)17-9-11-25-20(13-17)28-15-24-14-26-28)18-7-5-6-8-19(18)29(16)22(31)32-23(2,3)4/h5-9,11,13-16H,10,12H2,1-4H3/t16-/m1/s1. The zero-order valence-electron chi connectivity index (χ0n) is 18.6. The van der Waals surface area contributed by atoms with Crippen molar-refractivity contribution in [2.75, 3.05) is 16.3 Å². The Hall–Kier alpha value is -3.75. The van der Waals surface area contributed by atoms with Crippen molar-refractivity contribution in [1.29, 1.82) is 0 Å². The number of carbonyl (C=O) groups is 2. The van der Waals surface area contributed by atoms with Crippen LogP contribution >= 0.6 is 0 Å². The molecule has 0 aliphatic carbocycles. The van der Waals surface area contributed by atoms with E-state index in [9.17, 15) is 9.59 Å². The first-order valence-corrected chi connectivity index (χ1v) is 10.5. The van der Waals surface area contributed by atoms with E-state index in [4.69, 9.17) is 4.74 Å². The number of benzene rings is 1. The molecule has 0 spiro atoms. The summed E-state index contributed by atoms with van der Waals surface area (Å²) >= 11 is 0. The Kier molecular flexibility index (Phi) is 5.65. The van der Waals surface area contributed by atoms with E-state index in [-0.39, 0.29) is 11.9 Å². The molecular weight excluding hydrogens is 408 g/mol. The van der Waals surface area contributed by atoms with Gasteiger partial charge >= 0.3 is 6.09 Å². The number of nitrogens with zero attached hydrogens (tertiary/aromatic N) is 6. The van der Waals surface area contributed by atoms with Crippen molar-refractivity contribution in [3.05, 3.63) is 60.8 Å². The molecule has 1 aliphatic heterocycles. The first kappa shape index (κ1) is 21.5. The Morgan fingerprint density at radius 1 is 1.12 bits per heavy atom. The molecule has 4 rings (SSSR count). The van der Waals surface area contributed by atoms with Gasteiger partial charge in [-0.3, -0.25) is 9.69 Å². The number of hydrogen-bond acceptors (Lipinski definition) is 6. The van der Waals surface area contributed by atoms with Gasteiger partial charge in [0.2, 0.25) is 0 Å². The highest BCUT2D eigenvalue weighted by molar-refractivity contribution is 6.09. The summed E-state index contributed by atoms with van der Waals surface area (Å²) in [5.74, 6) is 0.319.